The van der Waals surface area contributed by atoms with E-state index in [2.05, 4.69) is 15.1 Å². The van der Waals surface area contributed by atoms with Crippen LogP contribution in [-0.4, -0.2) is 36.4 Å². The minimum atomic E-state index is 0.0280. The van der Waals surface area contributed by atoms with Gasteiger partial charge in [0.15, 0.2) is 5.82 Å². The van der Waals surface area contributed by atoms with Crippen LogP contribution in [0.2, 0.25) is 0 Å². The van der Waals surface area contributed by atoms with E-state index in [-0.39, 0.29) is 12.5 Å². The molecule has 0 radical (unpaired) electrons. The number of hydrogen-bond acceptors (Lipinski definition) is 5. The number of aromatic hydroxyl groups is 1. The van der Waals surface area contributed by atoms with Crippen LogP contribution >= 0.6 is 0 Å². The molecule has 2 aromatic rings. The zero-order valence-electron chi connectivity index (χ0n) is 8.38. The molecule has 0 unspecified atom stereocenters. The number of aliphatic hydroxyl groups excluding tert-OH is 1. The van der Waals surface area contributed by atoms with Crippen LogP contribution in [0.25, 0.3) is 5.78 Å². The molecular formula is C9H12N4O2. The normalized spacial score (nSPS) is 11.1. The molecule has 2 N–H and O–H groups in total. The second-order valence-corrected chi connectivity index (χ2v) is 3.32. The Labute approximate surface area is 86.2 Å². The van der Waals surface area contributed by atoms with Crippen LogP contribution in [0.1, 0.15) is 17.9 Å². The molecule has 6 heteroatoms. The Morgan fingerprint density at radius 2 is 2.20 bits per heavy atom. The highest BCUT2D eigenvalue weighted by atomic mass is 16.3. The molecule has 6 nitrogen and oxygen atoms in total. The van der Waals surface area contributed by atoms with Crippen molar-refractivity contribution >= 4 is 5.78 Å². The van der Waals surface area contributed by atoms with Gasteiger partial charge in [-0.05, 0) is 13.3 Å². The number of rotatable bonds is 3. The monoisotopic (exact) mass is 208 g/mol. The quantitative estimate of drug-likeness (QED) is 0.745. The molecule has 0 amide bonds. The summed E-state index contributed by atoms with van der Waals surface area (Å²) in [6, 6.07) is 1.53. The zero-order chi connectivity index (χ0) is 10.8. The fraction of sp³-hybridized carbons (Fsp3) is 0.444. The van der Waals surface area contributed by atoms with Gasteiger partial charge in [0.1, 0.15) is 0 Å². The van der Waals surface area contributed by atoms with E-state index in [1.165, 1.54) is 10.6 Å². The molecule has 0 aliphatic rings. The molecule has 0 spiro atoms. The summed E-state index contributed by atoms with van der Waals surface area (Å²) in [5.41, 5.74) is 0.695. The summed E-state index contributed by atoms with van der Waals surface area (Å²) in [6.45, 7) is 1.88. The summed E-state index contributed by atoms with van der Waals surface area (Å²) in [6.07, 6.45) is 1.19. The third kappa shape index (κ3) is 1.89. The predicted molar refractivity (Wildman–Crippen MR) is 52.6 cm³/mol. The Hall–Kier alpha value is -1.69. The van der Waals surface area contributed by atoms with Crippen molar-refractivity contribution in [3.63, 3.8) is 0 Å². The van der Waals surface area contributed by atoms with E-state index in [0.29, 0.717) is 30.1 Å². The van der Waals surface area contributed by atoms with Crippen molar-refractivity contribution in [2.45, 2.75) is 19.8 Å². The fourth-order valence-electron chi connectivity index (χ4n) is 1.35. The van der Waals surface area contributed by atoms with Crippen molar-refractivity contribution in [2.75, 3.05) is 6.61 Å². The van der Waals surface area contributed by atoms with Crippen LogP contribution in [0.3, 0.4) is 0 Å². The van der Waals surface area contributed by atoms with Gasteiger partial charge in [0.25, 0.3) is 5.78 Å². The van der Waals surface area contributed by atoms with Gasteiger partial charge in [-0.3, -0.25) is 0 Å². The molecule has 2 rings (SSSR count). The number of aryl methyl sites for hydroxylation is 2. The van der Waals surface area contributed by atoms with Gasteiger partial charge in [-0.25, -0.2) is 4.98 Å². The Morgan fingerprint density at radius 1 is 1.40 bits per heavy atom. The van der Waals surface area contributed by atoms with Crippen molar-refractivity contribution in [2.24, 2.45) is 0 Å². The van der Waals surface area contributed by atoms with Gasteiger partial charge in [0.2, 0.25) is 5.88 Å². The molecule has 0 fully saturated rings. The second kappa shape index (κ2) is 3.82. The first-order valence-electron chi connectivity index (χ1n) is 4.74. The minimum absolute atomic E-state index is 0.0280. The summed E-state index contributed by atoms with van der Waals surface area (Å²) in [5, 5.41) is 22.3. The molecular weight excluding hydrogens is 196 g/mol. The maximum Gasteiger partial charge on any atom is 0.255 e. The zero-order valence-corrected chi connectivity index (χ0v) is 8.38. The highest BCUT2D eigenvalue weighted by Crippen LogP contribution is 2.11. The van der Waals surface area contributed by atoms with Gasteiger partial charge in [0, 0.05) is 24.8 Å². The molecule has 0 saturated carbocycles. The summed E-state index contributed by atoms with van der Waals surface area (Å²) >= 11 is 0. The molecule has 2 heterocycles. The summed E-state index contributed by atoms with van der Waals surface area (Å²) in [7, 11) is 0. The number of aliphatic hydroxyl groups is 1. The smallest absolute Gasteiger partial charge is 0.255 e. The van der Waals surface area contributed by atoms with Gasteiger partial charge in [-0.15, -0.1) is 5.10 Å². The first-order valence-corrected chi connectivity index (χ1v) is 4.74. The largest absolute Gasteiger partial charge is 0.493 e. The summed E-state index contributed by atoms with van der Waals surface area (Å²) in [4.78, 5) is 8.27. The average molecular weight is 208 g/mol. The van der Waals surface area contributed by atoms with Crippen molar-refractivity contribution < 1.29 is 10.2 Å². The lowest BCUT2D eigenvalue weighted by Crippen LogP contribution is -1.94. The van der Waals surface area contributed by atoms with E-state index >= 15 is 0 Å². The van der Waals surface area contributed by atoms with E-state index in [1.54, 1.807) is 6.92 Å². The van der Waals surface area contributed by atoms with Crippen molar-refractivity contribution in [3.8, 4) is 5.88 Å². The van der Waals surface area contributed by atoms with E-state index in [1.807, 2.05) is 0 Å². The number of hydrogen-bond donors (Lipinski definition) is 2. The van der Waals surface area contributed by atoms with Gasteiger partial charge in [0.05, 0.1) is 0 Å². The molecule has 80 valence electrons. The van der Waals surface area contributed by atoms with Crippen LogP contribution in [0.4, 0.5) is 0 Å². The topological polar surface area (TPSA) is 83.5 Å². The van der Waals surface area contributed by atoms with Crippen LogP contribution in [-0.2, 0) is 6.42 Å². The van der Waals surface area contributed by atoms with Gasteiger partial charge < -0.3 is 10.2 Å². The lowest BCUT2D eigenvalue weighted by atomic mass is 10.3. The maximum atomic E-state index is 9.56. The highest BCUT2D eigenvalue weighted by Gasteiger charge is 2.08. The average Bonchev–Trinajstić information content (AvgIpc) is 2.57. The standard InChI is InChI=1S/C9H12N4O2/c1-6-5-8(15)13-9(10-6)11-7(12-13)3-2-4-14/h5,14-15H,2-4H2,1H3. The lowest BCUT2D eigenvalue weighted by Gasteiger charge is -1.95. The first-order chi connectivity index (χ1) is 7.20. The molecule has 2 aromatic heterocycles. The lowest BCUT2D eigenvalue weighted by molar-refractivity contribution is 0.287. The Bertz CT molecular complexity index is 480. The Balaban J connectivity index is 2.41. The third-order valence-electron chi connectivity index (χ3n) is 2.02. The third-order valence-corrected chi connectivity index (χ3v) is 2.02. The Kier molecular flexibility index (Phi) is 2.51. The van der Waals surface area contributed by atoms with Crippen molar-refractivity contribution in [1.29, 1.82) is 0 Å². The van der Waals surface area contributed by atoms with Crippen molar-refractivity contribution in [1.82, 2.24) is 19.6 Å². The maximum absolute atomic E-state index is 9.56. The molecule has 0 aromatic carbocycles. The number of nitrogens with zero attached hydrogens (tertiary/aromatic N) is 4. The van der Waals surface area contributed by atoms with Crippen LogP contribution in [0.5, 0.6) is 5.88 Å². The van der Waals surface area contributed by atoms with E-state index in [0.717, 1.165) is 0 Å². The fourth-order valence-corrected chi connectivity index (χ4v) is 1.35. The highest BCUT2D eigenvalue weighted by molar-refractivity contribution is 5.33. The first kappa shape index (κ1) is 9.85. The van der Waals surface area contributed by atoms with Crippen LogP contribution < -0.4 is 0 Å². The summed E-state index contributed by atoms with van der Waals surface area (Å²) in [5.74, 6) is 0.998. The Morgan fingerprint density at radius 3 is 2.93 bits per heavy atom. The van der Waals surface area contributed by atoms with Crippen LogP contribution in [0.15, 0.2) is 6.07 Å². The van der Waals surface area contributed by atoms with Crippen molar-refractivity contribution in [3.05, 3.63) is 17.6 Å². The number of fused-ring (bicyclic) bond motifs is 1. The van der Waals surface area contributed by atoms with Gasteiger partial charge in [-0.1, -0.05) is 0 Å². The van der Waals surface area contributed by atoms with Gasteiger partial charge in [-0.2, -0.15) is 9.50 Å². The molecule has 15 heavy (non-hydrogen) atoms. The van der Waals surface area contributed by atoms with E-state index in [9.17, 15) is 5.11 Å². The molecule has 0 aliphatic carbocycles. The molecule has 0 saturated heterocycles. The van der Waals surface area contributed by atoms with Crippen LogP contribution in [0, 0.1) is 6.92 Å². The second-order valence-electron chi connectivity index (χ2n) is 3.32. The molecule has 0 bridgehead atoms. The predicted octanol–water partition coefficient (Wildman–Crippen LogP) is 0.0632. The summed E-state index contributed by atoms with van der Waals surface area (Å²) < 4.78 is 1.29. The molecule has 0 aliphatic heterocycles. The van der Waals surface area contributed by atoms with E-state index in [4.69, 9.17) is 5.11 Å². The minimum Gasteiger partial charge on any atom is -0.493 e. The van der Waals surface area contributed by atoms with E-state index < -0.39 is 0 Å². The van der Waals surface area contributed by atoms with Gasteiger partial charge >= 0.3 is 0 Å². The SMILES string of the molecule is Cc1cc(O)n2nc(CCCO)nc2n1. The molecule has 0 atom stereocenters. The number of aromatic nitrogens is 4.